The highest BCUT2D eigenvalue weighted by Gasteiger charge is 2.33. The quantitative estimate of drug-likeness (QED) is 0.485. The van der Waals surface area contributed by atoms with Crippen LogP contribution in [0.4, 0.5) is 4.39 Å². The van der Waals surface area contributed by atoms with Gasteiger partial charge in [-0.15, -0.1) is 0 Å². The Kier molecular flexibility index (Phi) is 4.52. The molecule has 0 saturated heterocycles. The Morgan fingerprint density at radius 2 is 2.21 bits per heavy atom. The molecule has 0 radical (unpaired) electrons. The number of carbonyl (C=O) groups excluding carboxylic acids is 1. The molecule has 0 heterocycles. The van der Waals surface area contributed by atoms with Crippen LogP contribution in [0.25, 0.3) is 0 Å². The maximum absolute atomic E-state index is 12.6. The van der Waals surface area contributed by atoms with Crippen LogP contribution in [0.3, 0.4) is 0 Å². The maximum Gasteiger partial charge on any atom is 0.119 e. The van der Waals surface area contributed by atoms with E-state index < -0.39 is 6.17 Å². The van der Waals surface area contributed by atoms with Gasteiger partial charge in [0.15, 0.2) is 0 Å². The van der Waals surface area contributed by atoms with Gasteiger partial charge in [-0.05, 0) is 39.7 Å². The van der Waals surface area contributed by atoms with Crippen molar-refractivity contribution in [2.24, 2.45) is 0 Å². The molecule has 0 spiro atoms. The second-order valence-corrected chi connectivity index (χ2v) is 4.33. The number of nitrogens with zero attached hydrogens (tertiary/aromatic N) is 1. The van der Waals surface area contributed by atoms with E-state index in [1.165, 1.54) is 0 Å². The Morgan fingerprint density at radius 1 is 1.57 bits per heavy atom. The molecular weight excluding hydrogens is 181 g/mol. The monoisotopic (exact) mass is 201 g/mol. The molecule has 0 aliphatic heterocycles. The molecule has 14 heavy (non-hydrogen) atoms. The van der Waals surface area contributed by atoms with Crippen LogP contribution in [0.2, 0.25) is 0 Å². The number of rotatable bonds is 6. The number of hydrogen-bond donors (Lipinski definition) is 0. The second-order valence-electron chi connectivity index (χ2n) is 4.33. The lowest BCUT2D eigenvalue weighted by atomic mass is 9.88. The van der Waals surface area contributed by atoms with Gasteiger partial charge in [0.25, 0.3) is 0 Å². The Balaban J connectivity index is 2.15. The van der Waals surface area contributed by atoms with E-state index in [4.69, 9.17) is 0 Å². The third-order valence-corrected chi connectivity index (χ3v) is 3.27. The zero-order valence-electron chi connectivity index (χ0n) is 9.08. The van der Waals surface area contributed by atoms with Gasteiger partial charge in [0, 0.05) is 18.5 Å². The van der Waals surface area contributed by atoms with Crippen molar-refractivity contribution in [2.75, 3.05) is 7.05 Å². The van der Waals surface area contributed by atoms with E-state index >= 15 is 0 Å². The van der Waals surface area contributed by atoms with Crippen LogP contribution >= 0.6 is 0 Å². The van der Waals surface area contributed by atoms with Gasteiger partial charge in [0.05, 0.1) is 0 Å². The molecule has 0 amide bonds. The predicted molar refractivity (Wildman–Crippen MR) is 55.1 cm³/mol. The molecule has 82 valence electrons. The summed E-state index contributed by atoms with van der Waals surface area (Å²) in [4.78, 5) is 12.4. The summed E-state index contributed by atoms with van der Waals surface area (Å²) >= 11 is 0. The predicted octanol–water partition coefficient (Wildman–Crippen LogP) is 2.18. The summed E-state index contributed by atoms with van der Waals surface area (Å²) in [6, 6.07) is 0.892. The summed E-state index contributed by atoms with van der Waals surface area (Å²) in [6.45, 7) is 2.15. The average Bonchev–Trinajstić information content (AvgIpc) is 2.12. The van der Waals surface area contributed by atoms with Crippen LogP contribution in [0.5, 0.6) is 0 Å². The van der Waals surface area contributed by atoms with Gasteiger partial charge < -0.3 is 9.69 Å². The zero-order chi connectivity index (χ0) is 10.6. The fourth-order valence-electron chi connectivity index (χ4n) is 1.91. The minimum absolute atomic E-state index is 0.427. The van der Waals surface area contributed by atoms with E-state index in [0.29, 0.717) is 31.3 Å². The van der Waals surface area contributed by atoms with E-state index in [9.17, 15) is 9.18 Å². The number of halogens is 1. The smallest absolute Gasteiger partial charge is 0.119 e. The van der Waals surface area contributed by atoms with E-state index in [2.05, 4.69) is 18.9 Å². The van der Waals surface area contributed by atoms with Crippen molar-refractivity contribution in [1.82, 2.24) is 4.90 Å². The fourth-order valence-corrected chi connectivity index (χ4v) is 1.91. The summed E-state index contributed by atoms with van der Waals surface area (Å²) < 4.78 is 12.6. The van der Waals surface area contributed by atoms with E-state index in [0.717, 1.165) is 19.1 Å². The first kappa shape index (κ1) is 11.6. The molecule has 0 aromatic rings. The van der Waals surface area contributed by atoms with Crippen LogP contribution < -0.4 is 0 Å². The Labute approximate surface area is 85.5 Å². The summed E-state index contributed by atoms with van der Waals surface area (Å²) in [6.07, 6.45) is 4.39. The maximum atomic E-state index is 12.6. The average molecular weight is 201 g/mol. The Morgan fingerprint density at radius 3 is 2.71 bits per heavy atom. The first-order valence-corrected chi connectivity index (χ1v) is 5.44. The zero-order valence-corrected chi connectivity index (χ0v) is 9.08. The van der Waals surface area contributed by atoms with Gasteiger partial charge in [-0.25, -0.2) is 4.39 Å². The van der Waals surface area contributed by atoms with Gasteiger partial charge in [0.1, 0.15) is 12.5 Å². The number of alkyl halides is 1. The highest BCUT2D eigenvalue weighted by atomic mass is 19.1. The van der Waals surface area contributed by atoms with Crippen LogP contribution in [0, 0.1) is 0 Å². The normalized spacial score (nSPS) is 28.6. The molecule has 1 aliphatic rings. The molecule has 1 fully saturated rings. The number of hydrogen-bond acceptors (Lipinski definition) is 2. The minimum atomic E-state index is -0.579. The Hall–Kier alpha value is -0.440. The molecule has 1 unspecified atom stereocenters. The Bertz CT molecular complexity index is 180. The van der Waals surface area contributed by atoms with E-state index in [-0.39, 0.29) is 0 Å². The topological polar surface area (TPSA) is 20.3 Å². The summed E-state index contributed by atoms with van der Waals surface area (Å²) in [5, 5.41) is 0. The first-order valence-electron chi connectivity index (χ1n) is 5.44. The molecule has 0 N–H and O–H groups in total. The van der Waals surface area contributed by atoms with Crippen LogP contribution in [-0.2, 0) is 4.79 Å². The summed E-state index contributed by atoms with van der Waals surface area (Å²) in [7, 11) is 2.06. The highest BCUT2D eigenvalue weighted by Crippen LogP contribution is 2.29. The number of aldehydes is 1. The van der Waals surface area contributed by atoms with Crippen molar-refractivity contribution in [3.63, 3.8) is 0 Å². The van der Waals surface area contributed by atoms with Crippen molar-refractivity contribution in [3.8, 4) is 0 Å². The summed E-state index contributed by atoms with van der Waals surface area (Å²) in [5.74, 6) is 0. The minimum Gasteiger partial charge on any atom is -0.303 e. The van der Waals surface area contributed by atoms with E-state index in [1.807, 2.05) is 0 Å². The van der Waals surface area contributed by atoms with Crippen LogP contribution in [-0.4, -0.2) is 36.5 Å². The van der Waals surface area contributed by atoms with Gasteiger partial charge >= 0.3 is 0 Å². The largest absolute Gasteiger partial charge is 0.303 e. The van der Waals surface area contributed by atoms with Gasteiger partial charge in [-0.3, -0.25) is 0 Å². The highest BCUT2D eigenvalue weighted by molar-refractivity contribution is 5.48. The SMILES string of the molecule is CC(CCCC=O)N(C)C1CC(F)C1. The molecule has 1 atom stereocenters. The van der Waals surface area contributed by atoms with Crippen LogP contribution in [0.15, 0.2) is 0 Å². The molecule has 1 saturated carbocycles. The van der Waals surface area contributed by atoms with Crippen molar-refractivity contribution < 1.29 is 9.18 Å². The fraction of sp³-hybridized carbons (Fsp3) is 0.909. The van der Waals surface area contributed by atoms with Crippen LogP contribution in [0.1, 0.15) is 39.0 Å². The molecule has 1 rings (SSSR count). The third kappa shape index (κ3) is 3.05. The molecule has 0 aromatic carbocycles. The van der Waals surface area contributed by atoms with Gasteiger partial charge in [-0.1, -0.05) is 0 Å². The molecule has 1 aliphatic carbocycles. The number of unbranched alkanes of at least 4 members (excludes halogenated alkanes) is 1. The molecule has 2 nitrogen and oxygen atoms in total. The molecule has 0 aromatic heterocycles. The van der Waals surface area contributed by atoms with Crippen molar-refractivity contribution >= 4 is 6.29 Å². The number of carbonyl (C=O) groups is 1. The van der Waals surface area contributed by atoms with Crippen molar-refractivity contribution in [2.45, 2.75) is 57.3 Å². The molecule has 0 bridgehead atoms. The van der Waals surface area contributed by atoms with Gasteiger partial charge in [-0.2, -0.15) is 0 Å². The van der Waals surface area contributed by atoms with Crippen molar-refractivity contribution in [1.29, 1.82) is 0 Å². The van der Waals surface area contributed by atoms with Gasteiger partial charge in [0.2, 0.25) is 0 Å². The molecule has 3 heteroatoms. The lowest BCUT2D eigenvalue weighted by molar-refractivity contribution is -0.108. The first-order chi connectivity index (χ1) is 6.65. The lowest BCUT2D eigenvalue weighted by Crippen LogP contribution is -2.47. The second kappa shape index (κ2) is 5.44. The molecular formula is C11H20FNO. The van der Waals surface area contributed by atoms with E-state index in [1.54, 1.807) is 0 Å². The lowest BCUT2D eigenvalue weighted by Gasteiger charge is -2.40. The van der Waals surface area contributed by atoms with Crippen molar-refractivity contribution in [3.05, 3.63) is 0 Å². The summed E-state index contributed by atoms with van der Waals surface area (Å²) in [5.41, 5.74) is 0. The third-order valence-electron chi connectivity index (χ3n) is 3.27. The standard InChI is InChI=1S/C11H20FNO/c1-9(5-3-4-6-14)13(2)11-7-10(12)8-11/h6,9-11H,3-5,7-8H2,1-2H3.